The number of hydrogen-bond donors (Lipinski definition) is 0. The van der Waals surface area contributed by atoms with Crippen LogP contribution in [0.1, 0.15) is 0 Å². The lowest BCUT2D eigenvalue weighted by atomic mass is 9.95. The van der Waals surface area contributed by atoms with Gasteiger partial charge in [0.15, 0.2) is 0 Å². The molecular formula is C21H12O2. The summed E-state index contributed by atoms with van der Waals surface area (Å²) in [5.74, 6) is 0. The van der Waals surface area contributed by atoms with Crippen LogP contribution < -0.4 is 5.63 Å². The second-order valence-electron chi connectivity index (χ2n) is 5.78. The summed E-state index contributed by atoms with van der Waals surface area (Å²) in [6, 6.07) is 22.7. The maximum atomic E-state index is 11.9. The molecular weight excluding hydrogens is 284 g/mol. The zero-order valence-corrected chi connectivity index (χ0v) is 12.2. The highest BCUT2D eigenvalue weighted by Gasteiger charge is 2.08. The van der Waals surface area contributed by atoms with Gasteiger partial charge in [0.05, 0.1) is 11.6 Å². The van der Waals surface area contributed by atoms with Gasteiger partial charge in [-0.1, -0.05) is 54.6 Å². The lowest BCUT2D eigenvalue weighted by Gasteiger charge is -2.09. The van der Waals surface area contributed by atoms with Gasteiger partial charge in [-0.3, -0.25) is 0 Å². The van der Waals surface area contributed by atoms with E-state index in [0.717, 1.165) is 16.2 Å². The normalized spacial score (nSPS) is 11.7. The summed E-state index contributed by atoms with van der Waals surface area (Å²) < 4.78 is 4.98. The van der Waals surface area contributed by atoms with E-state index in [4.69, 9.17) is 4.42 Å². The van der Waals surface area contributed by atoms with Gasteiger partial charge >= 0.3 is 5.63 Å². The van der Waals surface area contributed by atoms with E-state index in [1.807, 2.05) is 18.2 Å². The average molecular weight is 296 g/mol. The molecule has 23 heavy (non-hydrogen) atoms. The Kier molecular flexibility index (Phi) is 2.39. The van der Waals surface area contributed by atoms with Crippen LogP contribution in [0.5, 0.6) is 0 Å². The second-order valence-corrected chi connectivity index (χ2v) is 5.78. The first kappa shape index (κ1) is 12.4. The van der Waals surface area contributed by atoms with Crippen molar-refractivity contribution in [3.8, 4) is 0 Å². The van der Waals surface area contributed by atoms with Crippen molar-refractivity contribution in [3.63, 3.8) is 0 Å². The van der Waals surface area contributed by atoms with Gasteiger partial charge in [-0.2, -0.15) is 0 Å². The fourth-order valence-electron chi connectivity index (χ4n) is 3.51. The van der Waals surface area contributed by atoms with Crippen LogP contribution in [0.4, 0.5) is 0 Å². The zero-order chi connectivity index (χ0) is 15.4. The van der Waals surface area contributed by atoms with E-state index in [-0.39, 0.29) is 5.63 Å². The van der Waals surface area contributed by atoms with E-state index in [1.165, 1.54) is 27.8 Å². The van der Waals surface area contributed by atoms with Crippen molar-refractivity contribution in [2.24, 2.45) is 0 Å². The molecule has 0 saturated carbocycles. The largest absolute Gasteiger partial charge is 0.431 e. The molecule has 0 saturated heterocycles. The van der Waals surface area contributed by atoms with E-state index >= 15 is 0 Å². The Morgan fingerprint density at radius 1 is 0.522 bits per heavy atom. The Morgan fingerprint density at radius 3 is 1.87 bits per heavy atom. The number of rotatable bonds is 0. The molecule has 1 aromatic heterocycles. The predicted octanol–water partition coefficient (Wildman–Crippen LogP) is 5.25. The smallest absolute Gasteiger partial charge is 0.343 e. The van der Waals surface area contributed by atoms with Crippen LogP contribution >= 0.6 is 0 Å². The first-order valence-electron chi connectivity index (χ1n) is 7.58. The van der Waals surface area contributed by atoms with Crippen molar-refractivity contribution in [1.29, 1.82) is 0 Å². The monoisotopic (exact) mass is 296 g/mol. The second kappa shape index (κ2) is 4.43. The first-order valence-corrected chi connectivity index (χ1v) is 7.58. The molecule has 0 bridgehead atoms. The highest BCUT2D eigenvalue weighted by atomic mass is 16.4. The molecule has 0 fully saturated rings. The Bertz CT molecular complexity index is 1280. The summed E-state index contributed by atoms with van der Waals surface area (Å²) in [5, 5.41) is 8.73. The molecule has 0 aliphatic carbocycles. The summed E-state index contributed by atoms with van der Waals surface area (Å²) >= 11 is 0. The standard InChI is InChI=1S/C21H12O2/c22-21-20-10-9-17-16-6-5-13-3-1-2-4-14(13)15(16)7-8-18(17)19(20)11-12-23-21/h1-12H. The van der Waals surface area contributed by atoms with Crippen molar-refractivity contribution in [1.82, 2.24) is 0 Å². The molecule has 5 rings (SSSR count). The van der Waals surface area contributed by atoms with Gasteiger partial charge in [0.1, 0.15) is 0 Å². The van der Waals surface area contributed by atoms with E-state index in [0.29, 0.717) is 5.39 Å². The van der Waals surface area contributed by atoms with Crippen LogP contribution in [-0.4, -0.2) is 0 Å². The van der Waals surface area contributed by atoms with Crippen LogP contribution in [0.2, 0.25) is 0 Å². The highest BCUT2D eigenvalue weighted by molar-refractivity contribution is 6.21. The number of benzene rings is 4. The third-order valence-corrected chi connectivity index (χ3v) is 4.59. The summed E-state index contributed by atoms with van der Waals surface area (Å²) in [5.41, 5.74) is -0.289. The first-order chi connectivity index (χ1) is 11.3. The van der Waals surface area contributed by atoms with Crippen LogP contribution in [0, 0.1) is 0 Å². The molecule has 1 heterocycles. The maximum Gasteiger partial charge on any atom is 0.343 e. The quantitative estimate of drug-likeness (QED) is 0.365. The Labute approximate surface area is 131 Å². The summed E-state index contributed by atoms with van der Waals surface area (Å²) in [6.45, 7) is 0. The van der Waals surface area contributed by atoms with Gasteiger partial charge in [-0.05, 0) is 49.8 Å². The average Bonchev–Trinajstić information content (AvgIpc) is 2.61. The molecule has 0 N–H and O–H groups in total. The maximum absolute atomic E-state index is 11.9. The molecule has 0 spiro atoms. The fraction of sp³-hybridized carbons (Fsp3) is 0. The Morgan fingerprint density at radius 2 is 1.09 bits per heavy atom. The molecule has 0 atom stereocenters. The van der Waals surface area contributed by atoms with Crippen molar-refractivity contribution in [3.05, 3.63) is 83.4 Å². The molecule has 2 heteroatoms. The molecule has 108 valence electrons. The number of hydrogen-bond acceptors (Lipinski definition) is 2. The molecule has 0 amide bonds. The van der Waals surface area contributed by atoms with Crippen molar-refractivity contribution >= 4 is 43.1 Å². The van der Waals surface area contributed by atoms with E-state index in [1.54, 1.807) is 0 Å². The minimum atomic E-state index is -0.289. The van der Waals surface area contributed by atoms with Crippen LogP contribution in [0.3, 0.4) is 0 Å². The fourth-order valence-corrected chi connectivity index (χ4v) is 3.51. The van der Waals surface area contributed by atoms with Crippen molar-refractivity contribution < 1.29 is 4.42 Å². The predicted molar refractivity (Wildman–Crippen MR) is 95.0 cm³/mol. The van der Waals surface area contributed by atoms with E-state index < -0.39 is 0 Å². The molecule has 2 nitrogen and oxygen atoms in total. The van der Waals surface area contributed by atoms with Gasteiger partial charge in [0.25, 0.3) is 0 Å². The molecule has 0 unspecified atom stereocenters. The van der Waals surface area contributed by atoms with Gasteiger partial charge in [-0.15, -0.1) is 0 Å². The number of fused-ring (bicyclic) bond motifs is 7. The highest BCUT2D eigenvalue weighted by Crippen LogP contribution is 2.33. The summed E-state index contributed by atoms with van der Waals surface area (Å²) in [4.78, 5) is 11.9. The molecule has 0 radical (unpaired) electrons. The zero-order valence-electron chi connectivity index (χ0n) is 12.2. The van der Waals surface area contributed by atoms with Crippen LogP contribution in [0.15, 0.2) is 82.2 Å². The minimum absolute atomic E-state index is 0.289. The molecule has 5 aromatic rings. The topological polar surface area (TPSA) is 30.2 Å². The van der Waals surface area contributed by atoms with Gasteiger partial charge in [0, 0.05) is 0 Å². The lowest BCUT2D eigenvalue weighted by molar-refractivity contribution is 0.519. The lowest BCUT2D eigenvalue weighted by Crippen LogP contribution is -1.97. The summed E-state index contributed by atoms with van der Waals surface area (Å²) in [6.07, 6.45) is 1.47. The van der Waals surface area contributed by atoms with Gasteiger partial charge < -0.3 is 4.42 Å². The van der Waals surface area contributed by atoms with Crippen molar-refractivity contribution in [2.45, 2.75) is 0 Å². The Hall–Kier alpha value is -3.13. The summed E-state index contributed by atoms with van der Waals surface area (Å²) in [7, 11) is 0. The third-order valence-electron chi connectivity index (χ3n) is 4.59. The van der Waals surface area contributed by atoms with Gasteiger partial charge in [0.2, 0.25) is 0 Å². The van der Waals surface area contributed by atoms with Crippen molar-refractivity contribution in [2.75, 3.05) is 0 Å². The third kappa shape index (κ3) is 1.66. The molecule has 4 aromatic carbocycles. The minimum Gasteiger partial charge on any atom is -0.431 e. The van der Waals surface area contributed by atoms with E-state index in [2.05, 4.69) is 48.5 Å². The SMILES string of the molecule is O=c1occc2c1ccc1c2ccc2c3ccccc3ccc21. The molecule has 0 aliphatic rings. The Balaban J connectivity index is 2.05. The van der Waals surface area contributed by atoms with E-state index in [9.17, 15) is 4.79 Å². The van der Waals surface area contributed by atoms with Crippen LogP contribution in [-0.2, 0) is 0 Å². The molecule has 0 aliphatic heterocycles. The van der Waals surface area contributed by atoms with Crippen LogP contribution in [0.25, 0.3) is 43.1 Å². The van der Waals surface area contributed by atoms with Gasteiger partial charge in [-0.25, -0.2) is 4.79 Å².